The molecule has 2 aromatic rings. The van der Waals surface area contributed by atoms with Crippen LogP contribution < -0.4 is 5.56 Å². The van der Waals surface area contributed by atoms with E-state index in [2.05, 4.69) is 30.9 Å². The Kier molecular flexibility index (Phi) is 2.83. The maximum atomic E-state index is 11.3. The highest BCUT2D eigenvalue weighted by Crippen LogP contribution is 2.23. The summed E-state index contributed by atoms with van der Waals surface area (Å²) in [6.07, 6.45) is 2.91. The molecule has 0 spiro atoms. The van der Waals surface area contributed by atoms with Gasteiger partial charge in [0.25, 0.3) is 5.56 Å². The minimum Gasteiger partial charge on any atom is -0.312 e. The number of hydrogen-bond donors (Lipinski definition) is 1. The van der Waals surface area contributed by atoms with Gasteiger partial charge in [0.05, 0.1) is 12.0 Å². The SMILES string of the molecule is O=c1[nH]cnc(-c2ccnc(Cl)c2)c1Br. The van der Waals surface area contributed by atoms with E-state index in [1.165, 1.54) is 6.33 Å². The highest BCUT2D eigenvalue weighted by molar-refractivity contribution is 9.10. The number of nitrogens with one attached hydrogen (secondary N) is 1. The Labute approximate surface area is 98.5 Å². The van der Waals surface area contributed by atoms with Gasteiger partial charge in [0, 0.05) is 11.8 Å². The Morgan fingerprint density at radius 3 is 2.93 bits per heavy atom. The molecule has 0 radical (unpaired) electrons. The van der Waals surface area contributed by atoms with Crippen LogP contribution in [0.3, 0.4) is 0 Å². The summed E-state index contributed by atoms with van der Waals surface area (Å²) < 4.78 is 0.382. The smallest absolute Gasteiger partial charge is 0.265 e. The zero-order chi connectivity index (χ0) is 10.8. The van der Waals surface area contributed by atoms with Crippen LogP contribution in [0.25, 0.3) is 11.3 Å². The zero-order valence-corrected chi connectivity index (χ0v) is 9.71. The van der Waals surface area contributed by atoms with Crippen molar-refractivity contribution in [2.24, 2.45) is 0 Å². The van der Waals surface area contributed by atoms with Crippen molar-refractivity contribution in [3.05, 3.63) is 44.6 Å². The van der Waals surface area contributed by atoms with Gasteiger partial charge in [0.1, 0.15) is 9.63 Å². The first-order chi connectivity index (χ1) is 7.18. The fourth-order valence-corrected chi connectivity index (χ4v) is 1.75. The number of aromatic amines is 1. The Morgan fingerprint density at radius 1 is 1.40 bits per heavy atom. The summed E-state index contributed by atoms with van der Waals surface area (Å²) in [7, 11) is 0. The fourth-order valence-electron chi connectivity index (χ4n) is 1.13. The Hall–Kier alpha value is -1.20. The second-order valence-corrected chi connectivity index (χ2v) is 3.94. The number of aromatic nitrogens is 3. The molecular weight excluding hydrogens is 281 g/mol. The van der Waals surface area contributed by atoms with Gasteiger partial charge in [-0.15, -0.1) is 0 Å². The molecule has 2 aromatic heterocycles. The molecule has 0 unspecified atom stereocenters. The molecular formula is C9H5BrClN3O. The summed E-state index contributed by atoms with van der Waals surface area (Å²) in [6.45, 7) is 0. The lowest BCUT2D eigenvalue weighted by atomic mass is 10.2. The lowest BCUT2D eigenvalue weighted by Crippen LogP contribution is -2.08. The molecule has 2 heterocycles. The summed E-state index contributed by atoms with van der Waals surface area (Å²) in [5.74, 6) is 0. The van der Waals surface area contributed by atoms with Crippen LogP contribution in [-0.4, -0.2) is 15.0 Å². The summed E-state index contributed by atoms with van der Waals surface area (Å²) >= 11 is 8.92. The minimum atomic E-state index is -0.229. The van der Waals surface area contributed by atoms with Crippen molar-refractivity contribution in [3.8, 4) is 11.3 Å². The highest BCUT2D eigenvalue weighted by Gasteiger charge is 2.08. The first-order valence-corrected chi connectivity index (χ1v) is 5.20. The van der Waals surface area contributed by atoms with Gasteiger partial charge in [-0.3, -0.25) is 4.79 Å². The zero-order valence-electron chi connectivity index (χ0n) is 7.37. The molecule has 0 fully saturated rings. The van der Waals surface area contributed by atoms with Gasteiger partial charge in [-0.05, 0) is 28.1 Å². The second-order valence-electron chi connectivity index (χ2n) is 2.76. The van der Waals surface area contributed by atoms with Gasteiger partial charge in [-0.1, -0.05) is 11.6 Å². The normalized spacial score (nSPS) is 10.3. The van der Waals surface area contributed by atoms with Crippen molar-refractivity contribution in [3.63, 3.8) is 0 Å². The molecule has 6 heteroatoms. The van der Waals surface area contributed by atoms with Crippen molar-refractivity contribution < 1.29 is 0 Å². The van der Waals surface area contributed by atoms with Crippen molar-refractivity contribution in [1.29, 1.82) is 0 Å². The first kappa shape index (κ1) is 10.3. The van der Waals surface area contributed by atoms with Gasteiger partial charge >= 0.3 is 0 Å². The maximum absolute atomic E-state index is 11.3. The van der Waals surface area contributed by atoms with E-state index in [1.54, 1.807) is 18.3 Å². The molecule has 15 heavy (non-hydrogen) atoms. The number of rotatable bonds is 1. The van der Waals surface area contributed by atoms with Crippen molar-refractivity contribution in [1.82, 2.24) is 15.0 Å². The lowest BCUT2D eigenvalue weighted by molar-refractivity contribution is 1.10. The van der Waals surface area contributed by atoms with E-state index in [9.17, 15) is 4.79 Å². The standard InChI is InChI=1S/C9H5BrClN3O/c10-7-8(13-4-14-9(7)15)5-1-2-12-6(11)3-5/h1-4H,(H,13,14,15). The third-order valence-corrected chi connectivity index (χ3v) is 2.74. The van der Waals surface area contributed by atoms with E-state index in [0.717, 1.165) is 5.56 Å². The monoisotopic (exact) mass is 285 g/mol. The molecule has 4 nitrogen and oxygen atoms in total. The predicted molar refractivity (Wildman–Crippen MR) is 60.8 cm³/mol. The molecule has 0 saturated carbocycles. The van der Waals surface area contributed by atoms with E-state index in [1.807, 2.05) is 0 Å². The van der Waals surface area contributed by atoms with Crippen LogP contribution in [0, 0.1) is 0 Å². The van der Waals surface area contributed by atoms with E-state index in [-0.39, 0.29) is 5.56 Å². The largest absolute Gasteiger partial charge is 0.312 e. The fraction of sp³-hybridized carbons (Fsp3) is 0. The third-order valence-electron chi connectivity index (χ3n) is 1.80. The van der Waals surface area contributed by atoms with Crippen LogP contribution in [-0.2, 0) is 0 Å². The van der Waals surface area contributed by atoms with E-state index in [0.29, 0.717) is 15.3 Å². The molecule has 0 aromatic carbocycles. The molecule has 0 saturated heterocycles. The molecule has 76 valence electrons. The average molecular weight is 287 g/mol. The molecule has 0 atom stereocenters. The third kappa shape index (κ3) is 2.08. The molecule has 2 rings (SSSR count). The molecule has 0 aliphatic heterocycles. The van der Waals surface area contributed by atoms with Crippen molar-refractivity contribution in [2.45, 2.75) is 0 Å². The van der Waals surface area contributed by atoms with Crippen LogP contribution in [0.4, 0.5) is 0 Å². The highest BCUT2D eigenvalue weighted by atomic mass is 79.9. The van der Waals surface area contributed by atoms with Gasteiger partial charge < -0.3 is 4.98 Å². The molecule has 0 amide bonds. The maximum Gasteiger partial charge on any atom is 0.265 e. The van der Waals surface area contributed by atoms with Crippen LogP contribution in [0.1, 0.15) is 0 Å². The van der Waals surface area contributed by atoms with Crippen molar-refractivity contribution >= 4 is 27.5 Å². The van der Waals surface area contributed by atoms with Crippen LogP contribution in [0.5, 0.6) is 0 Å². The predicted octanol–water partition coefficient (Wildman–Crippen LogP) is 2.25. The summed E-state index contributed by atoms with van der Waals surface area (Å²) in [6, 6.07) is 3.38. The van der Waals surface area contributed by atoms with Gasteiger partial charge in [-0.25, -0.2) is 9.97 Å². The average Bonchev–Trinajstić information content (AvgIpc) is 2.22. The molecule has 0 aliphatic rings. The lowest BCUT2D eigenvalue weighted by Gasteiger charge is -2.01. The second kappa shape index (κ2) is 4.12. The van der Waals surface area contributed by atoms with Gasteiger partial charge in [0.2, 0.25) is 0 Å². The van der Waals surface area contributed by atoms with E-state index in [4.69, 9.17) is 11.6 Å². The summed E-state index contributed by atoms with van der Waals surface area (Å²) in [5, 5.41) is 0.362. The van der Waals surface area contributed by atoms with Gasteiger partial charge in [0.15, 0.2) is 0 Å². The molecule has 0 bridgehead atoms. The summed E-state index contributed by atoms with van der Waals surface area (Å²) in [4.78, 5) is 21.7. The topological polar surface area (TPSA) is 58.6 Å². The molecule has 1 N–H and O–H groups in total. The van der Waals surface area contributed by atoms with Crippen LogP contribution in [0.2, 0.25) is 5.15 Å². The van der Waals surface area contributed by atoms with E-state index < -0.39 is 0 Å². The minimum absolute atomic E-state index is 0.229. The number of nitrogens with zero attached hydrogens (tertiary/aromatic N) is 2. The van der Waals surface area contributed by atoms with Crippen molar-refractivity contribution in [2.75, 3.05) is 0 Å². The number of pyridine rings is 1. The van der Waals surface area contributed by atoms with E-state index >= 15 is 0 Å². The Bertz CT molecular complexity index is 555. The number of halogens is 2. The molecule has 0 aliphatic carbocycles. The Balaban J connectivity index is 2.64. The van der Waals surface area contributed by atoms with Crippen LogP contribution in [0.15, 0.2) is 33.9 Å². The first-order valence-electron chi connectivity index (χ1n) is 4.03. The Morgan fingerprint density at radius 2 is 2.20 bits per heavy atom. The summed E-state index contributed by atoms with van der Waals surface area (Å²) in [5.41, 5.74) is 1.06. The van der Waals surface area contributed by atoms with Gasteiger partial charge in [-0.2, -0.15) is 0 Å². The number of H-pyrrole nitrogens is 1. The van der Waals surface area contributed by atoms with Crippen LogP contribution >= 0.6 is 27.5 Å². The number of hydrogen-bond acceptors (Lipinski definition) is 3. The quantitative estimate of drug-likeness (QED) is 0.818.